The first-order chi connectivity index (χ1) is 10.5. The van der Waals surface area contributed by atoms with E-state index in [0.29, 0.717) is 18.1 Å². The molecule has 2 aromatic rings. The summed E-state index contributed by atoms with van der Waals surface area (Å²) in [6.45, 7) is 4.22. The van der Waals surface area contributed by atoms with Crippen molar-refractivity contribution >= 4 is 0 Å². The molecule has 118 valence electrons. The molecule has 2 aromatic carbocycles. The molecule has 0 spiro atoms. The molecule has 0 N–H and O–H groups in total. The molecule has 0 aliphatic rings. The molecule has 2 rings (SSSR count). The molecule has 0 radical (unpaired) electrons. The Hall–Kier alpha value is -2.14. The van der Waals surface area contributed by atoms with Gasteiger partial charge in [-0.1, -0.05) is 0 Å². The van der Waals surface area contributed by atoms with Gasteiger partial charge in [-0.3, -0.25) is 0 Å². The fourth-order valence-electron chi connectivity index (χ4n) is 2.07. The molecule has 0 aliphatic carbocycles. The molecular weight excluding hydrogens is 290 g/mol. The van der Waals surface area contributed by atoms with E-state index in [1.165, 1.54) is 0 Å². The SMILES string of the molecule is COCC(C)Oc1cc(C)cc(Oc2cc(F)cc(F)c2)c1. The van der Waals surface area contributed by atoms with Crippen LogP contribution in [0.3, 0.4) is 0 Å². The van der Waals surface area contributed by atoms with Crippen LogP contribution in [0.4, 0.5) is 8.78 Å². The van der Waals surface area contributed by atoms with Gasteiger partial charge in [-0.25, -0.2) is 8.78 Å². The van der Waals surface area contributed by atoms with E-state index in [-0.39, 0.29) is 11.9 Å². The van der Waals surface area contributed by atoms with Gasteiger partial charge < -0.3 is 14.2 Å². The van der Waals surface area contributed by atoms with Crippen molar-refractivity contribution in [2.45, 2.75) is 20.0 Å². The lowest BCUT2D eigenvalue weighted by molar-refractivity contribution is 0.0919. The molecule has 5 heteroatoms. The van der Waals surface area contributed by atoms with Crippen LogP contribution in [0.2, 0.25) is 0 Å². The molecule has 22 heavy (non-hydrogen) atoms. The summed E-state index contributed by atoms with van der Waals surface area (Å²) >= 11 is 0. The number of ether oxygens (including phenoxy) is 3. The predicted octanol–water partition coefficient (Wildman–Crippen LogP) is 4.48. The van der Waals surface area contributed by atoms with Gasteiger partial charge in [0, 0.05) is 31.4 Å². The first kappa shape index (κ1) is 16.2. The number of hydrogen-bond acceptors (Lipinski definition) is 3. The Bertz CT molecular complexity index is 624. The Kier molecular flexibility index (Phi) is 5.33. The Morgan fingerprint density at radius 3 is 2.14 bits per heavy atom. The number of rotatable bonds is 6. The highest BCUT2D eigenvalue weighted by Gasteiger charge is 2.08. The van der Waals surface area contributed by atoms with Gasteiger partial charge >= 0.3 is 0 Å². The van der Waals surface area contributed by atoms with Crippen molar-refractivity contribution in [3.63, 3.8) is 0 Å². The molecule has 0 bridgehead atoms. The summed E-state index contributed by atoms with van der Waals surface area (Å²) in [5, 5.41) is 0. The number of benzene rings is 2. The fourth-order valence-corrected chi connectivity index (χ4v) is 2.07. The lowest BCUT2D eigenvalue weighted by Crippen LogP contribution is -2.17. The molecule has 0 aromatic heterocycles. The van der Waals surface area contributed by atoms with Gasteiger partial charge in [-0.15, -0.1) is 0 Å². The number of methoxy groups -OCH3 is 1. The van der Waals surface area contributed by atoms with E-state index in [9.17, 15) is 8.78 Å². The van der Waals surface area contributed by atoms with Crippen molar-refractivity contribution in [1.82, 2.24) is 0 Å². The molecule has 3 nitrogen and oxygen atoms in total. The lowest BCUT2D eigenvalue weighted by atomic mass is 10.2. The van der Waals surface area contributed by atoms with Gasteiger partial charge in [-0.05, 0) is 31.5 Å². The van der Waals surface area contributed by atoms with Crippen molar-refractivity contribution in [1.29, 1.82) is 0 Å². The summed E-state index contributed by atoms with van der Waals surface area (Å²) in [7, 11) is 1.60. The maximum atomic E-state index is 13.2. The summed E-state index contributed by atoms with van der Waals surface area (Å²) in [4.78, 5) is 0. The van der Waals surface area contributed by atoms with E-state index in [4.69, 9.17) is 14.2 Å². The van der Waals surface area contributed by atoms with Crippen molar-refractivity contribution in [2.24, 2.45) is 0 Å². The van der Waals surface area contributed by atoms with Crippen molar-refractivity contribution in [3.8, 4) is 17.2 Å². The van der Waals surface area contributed by atoms with E-state index in [2.05, 4.69) is 0 Å². The summed E-state index contributed by atoms with van der Waals surface area (Å²) in [6, 6.07) is 8.33. The van der Waals surface area contributed by atoms with E-state index in [1.54, 1.807) is 19.2 Å². The van der Waals surface area contributed by atoms with Crippen LogP contribution < -0.4 is 9.47 Å². The van der Waals surface area contributed by atoms with Crippen molar-refractivity contribution < 1.29 is 23.0 Å². The highest BCUT2D eigenvalue weighted by atomic mass is 19.1. The Morgan fingerprint density at radius 2 is 1.50 bits per heavy atom. The maximum absolute atomic E-state index is 13.2. The molecule has 0 fully saturated rings. The largest absolute Gasteiger partial charge is 0.488 e. The van der Waals surface area contributed by atoms with E-state index < -0.39 is 11.6 Å². The van der Waals surface area contributed by atoms with Crippen molar-refractivity contribution in [2.75, 3.05) is 13.7 Å². The van der Waals surface area contributed by atoms with Gasteiger partial charge in [0.15, 0.2) is 0 Å². The Labute approximate surface area is 128 Å². The Balaban J connectivity index is 2.18. The zero-order valence-electron chi connectivity index (χ0n) is 12.7. The minimum atomic E-state index is -0.687. The van der Waals surface area contributed by atoms with Gasteiger partial charge in [0.2, 0.25) is 0 Å². The van der Waals surface area contributed by atoms with Gasteiger partial charge in [0.05, 0.1) is 6.61 Å². The third-order valence-corrected chi connectivity index (χ3v) is 2.83. The quantitative estimate of drug-likeness (QED) is 0.787. The maximum Gasteiger partial charge on any atom is 0.133 e. The monoisotopic (exact) mass is 308 g/mol. The summed E-state index contributed by atoms with van der Waals surface area (Å²) in [5.41, 5.74) is 0.911. The van der Waals surface area contributed by atoms with E-state index in [0.717, 1.165) is 23.8 Å². The fraction of sp³-hybridized carbons (Fsp3) is 0.294. The minimum absolute atomic E-state index is 0.0963. The van der Waals surface area contributed by atoms with Gasteiger partial charge in [0.1, 0.15) is 35.0 Å². The molecule has 0 amide bonds. The van der Waals surface area contributed by atoms with Crippen LogP contribution >= 0.6 is 0 Å². The average Bonchev–Trinajstić information content (AvgIpc) is 2.36. The summed E-state index contributed by atoms with van der Waals surface area (Å²) in [6.07, 6.45) is -0.119. The number of hydrogen-bond donors (Lipinski definition) is 0. The van der Waals surface area contributed by atoms with E-state index >= 15 is 0 Å². The highest BCUT2D eigenvalue weighted by molar-refractivity contribution is 5.40. The average molecular weight is 308 g/mol. The first-order valence-corrected chi connectivity index (χ1v) is 6.87. The Morgan fingerprint density at radius 1 is 0.909 bits per heavy atom. The molecule has 0 aliphatic heterocycles. The zero-order valence-corrected chi connectivity index (χ0v) is 12.7. The predicted molar refractivity (Wildman–Crippen MR) is 79.6 cm³/mol. The summed E-state index contributed by atoms with van der Waals surface area (Å²) < 4.78 is 42.6. The molecule has 1 atom stereocenters. The smallest absolute Gasteiger partial charge is 0.133 e. The number of aryl methyl sites for hydroxylation is 1. The summed E-state index contributed by atoms with van der Waals surface area (Å²) in [5.74, 6) is -0.222. The third kappa shape index (κ3) is 4.70. The van der Waals surface area contributed by atoms with Crippen LogP contribution in [0.15, 0.2) is 36.4 Å². The lowest BCUT2D eigenvalue weighted by Gasteiger charge is -2.15. The van der Waals surface area contributed by atoms with Crippen molar-refractivity contribution in [3.05, 3.63) is 53.6 Å². The third-order valence-electron chi connectivity index (χ3n) is 2.83. The molecule has 0 heterocycles. The molecule has 0 saturated carbocycles. The van der Waals surface area contributed by atoms with Crippen LogP contribution in [0.5, 0.6) is 17.2 Å². The molecule has 0 saturated heterocycles. The van der Waals surface area contributed by atoms with Gasteiger partial charge in [-0.2, -0.15) is 0 Å². The molecular formula is C17H18F2O3. The number of halogens is 2. The zero-order chi connectivity index (χ0) is 16.1. The van der Waals surface area contributed by atoms with Crippen LogP contribution in [-0.2, 0) is 4.74 Å². The van der Waals surface area contributed by atoms with Crippen LogP contribution in [-0.4, -0.2) is 19.8 Å². The van der Waals surface area contributed by atoms with Crippen LogP contribution in [0.25, 0.3) is 0 Å². The first-order valence-electron chi connectivity index (χ1n) is 6.87. The van der Waals surface area contributed by atoms with Crippen LogP contribution in [0.1, 0.15) is 12.5 Å². The normalized spacial score (nSPS) is 12.0. The second kappa shape index (κ2) is 7.22. The van der Waals surface area contributed by atoms with Gasteiger partial charge in [0.25, 0.3) is 0 Å². The minimum Gasteiger partial charge on any atom is -0.488 e. The second-order valence-corrected chi connectivity index (χ2v) is 5.07. The van der Waals surface area contributed by atoms with E-state index in [1.807, 2.05) is 19.9 Å². The standard InChI is InChI=1S/C17H18F2O3/c1-11-4-15(21-12(2)10-20-3)9-16(5-11)22-17-7-13(18)6-14(19)8-17/h4-9,12H,10H2,1-3H3. The second-order valence-electron chi connectivity index (χ2n) is 5.07. The topological polar surface area (TPSA) is 27.7 Å². The molecule has 1 unspecified atom stereocenters. The van der Waals surface area contributed by atoms with Crippen LogP contribution in [0, 0.1) is 18.6 Å². The highest BCUT2D eigenvalue weighted by Crippen LogP contribution is 2.28.